The highest BCUT2D eigenvalue weighted by Crippen LogP contribution is 2.22. The number of hydrogen-bond acceptors (Lipinski definition) is 6. The molecule has 0 fully saturated rings. The molecule has 2 rings (SSSR count). The first-order valence-corrected chi connectivity index (χ1v) is 6.30. The van der Waals surface area contributed by atoms with Gasteiger partial charge in [-0.3, -0.25) is 10.1 Å². The zero-order valence-corrected chi connectivity index (χ0v) is 10.8. The molecule has 2 aromatic rings. The summed E-state index contributed by atoms with van der Waals surface area (Å²) in [5, 5.41) is 9.65. The van der Waals surface area contributed by atoms with Crippen molar-refractivity contribution in [1.29, 1.82) is 0 Å². The number of nitrogens with two attached hydrogens (primary N) is 1. The van der Waals surface area contributed by atoms with Gasteiger partial charge >= 0.3 is 6.01 Å². The Labute approximate surface area is 112 Å². The fourth-order valence-corrected chi connectivity index (χ4v) is 2.10. The van der Waals surface area contributed by atoms with Crippen molar-refractivity contribution in [3.8, 4) is 0 Å². The Kier molecular flexibility index (Phi) is 4.00. The van der Waals surface area contributed by atoms with Crippen LogP contribution in [-0.2, 0) is 4.79 Å². The van der Waals surface area contributed by atoms with Gasteiger partial charge in [0.1, 0.15) is 5.82 Å². The van der Waals surface area contributed by atoms with E-state index in [1.807, 2.05) is 0 Å². The van der Waals surface area contributed by atoms with Crippen LogP contribution in [0.15, 0.2) is 27.5 Å². The van der Waals surface area contributed by atoms with Gasteiger partial charge in [-0.2, -0.15) is 0 Å². The molecule has 100 valence electrons. The number of nitrogens with zero attached hydrogens (tertiary/aromatic N) is 2. The molecule has 0 aliphatic heterocycles. The van der Waals surface area contributed by atoms with E-state index in [2.05, 4.69) is 15.5 Å². The van der Waals surface area contributed by atoms with E-state index in [0.29, 0.717) is 16.5 Å². The molecule has 1 aromatic heterocycles. The fraction of sp³-hybridized carbons (Fsp3) is 0.182. The molecule has 0 unspecified atom stereocenters. The summed E-state index contributed by atoms with van der Waals surface area (Å²) >= 11 is 1.16. The van der Waals surface area contributed by atoms with Crippen molar-refractivity contribution >= 4 is 29.4 Å². The number of nitrogens with one attached hydrogen (secondary N) is 1. The molecule has 0 saturated carbocycles. The van der Waals surface area contributed by atoms with Crippen LogP contribution in [-0.4, -0.2) is 21.9 Å². The zero-order valence-electron chi connectivity index (χ0n) is 10.0. The number of rotatable bonds is 4. The maximum atomic E-state index is 13.1. The van der Waals surface area contributed by atoms with E-state index in [-0.39, 0.29) is 17.7 Å². The van der Waals surface area contributed by atoms with Crippen LogP contribution >= 0.6 is 11.8 Å². The molecule has 0 saturated heterocycles. The monoisotopic (exact) mass is 282 g/mol. The Hall–Kier alpha value is -2.09. The van der Waals surface area contributed by atoms with Crippen LogP contribution in [0, 0.1) is 12.7 Å². The Bertz CT molecular complexity index is 582. The molecule has 3 N–H and O–H groups in total. The van der Waals surface area contributed by atoms with E-state index in [4.69, 9.17) is 10.2 Å². The average molecular weight is 282 g/mol. The molecule has 0 aliphatic carbocycles. The fourth-order valence-electron chi connectivity index (χ4n) is 1.32. The first-order valence-electron chi connectivity index (χ1n) is 5.32. The van der Waals surface area contributed by atoms with Gasteiger partial charge in [-0.1, -0.05) is 5.10 Å². The predicted molar refractivity (Wildman–Crippen MR) is 69.2 cm³/mol. The normalized spacial score (nSPS) is 10.4. The third-order valence-electron chi connectivity index (χ3n) is 2.04. The van der Waals surface area contributed by atoms with Gasteiger partial charge in [-0.25, -0.2) is 4.39 Å². The summed E-state index contributed by atoms with van der Waals surface area (Å²) in [7, 11) is 0. The first kappa shape index (κ1) is 13.3. The number of anilines is 2. The topological polar surface area (TPSA) is 94.0 Å². The third-order valence-corrected chi connectivity index (χ3v) is 3.01. The van der Waals surface area contributed by atoms with Gasteiger partial charge < -0.3 is 10.2 Å². The maximum Gasteiger partial charge on any atom is 0.322 e. The van der Waals surface area contributed by atoms with E-state index in [0.717, 1.165) is 11.8 Å². The Morgan fingerprint density at radius 1 is 1.47 bits per heavy atom. The van der Waals surface area contributed by atoms with E-state index < -0.39 is 5.82 Å². The number of thioether (sulfide) groups is 1. The van der Waals surface area contributed by atoms with Gasteiger partial charge in [-0.05, 0) is 18.2 Å². The van der Waals surface area contributed by atoms with Crippen molar-refractivity contribution in [2.24, 2.45) is 0 Å². The van der Waals surface area contributed by atoms with E-state index in [1.54, 1.807) is 13.0 Å². The van der Waals surface area contributed by atoms with Crippen molar-refractivity contribution < 1.29 is 13.6 Å². The van der Waals surface area contributed by atoms with E-state index >= 15 is 0 Å². The van der Waals surface area contributed by atoms with Crippen LogP contribution in [0.25, 0.3) is 0 Å². The van der Waals surface area contributed by atoms with Crippen molar-refractivity contribution in [1.82, 2.24) is 10.2 Å². The molecule has 6 nitrogen and oxygen atoms in total. The number of benzene rings is 1. The molecule has 0 bridgehead atoms. The summed E-state index contributed by atoms with van der Waals surface area (Å²) in [6.07, 6.45) is 0. The molecule has 1 amide bonds. The molecule has 0 radical (unpaired) electrons. The van der Waals surface area contributed by atoms with Crippen LogP contribution in [0.3, 0.4) is 0 Å². The Morgan fingerprint density at radius 2 is 2.26 bits per heavy atom. The standard InChI is InChI=1S/C11H11FN4O2S/c1-6-15-16-11(18-6)14-10(17)5-19-9-3-7(12)2-8(13)4-9/h2-4H,5,13H2,1H3,(H,14,16,17). The zero-order chi connectivity index (χ0) is 13.8. The molecular formula is C11H11FN4O2S. The van der Waals surface area contributed by atoms with Gasteiger partial charge in [0, 0.05) is 17.5 Å². The summed E-state index contributed by atoms with van der Waals surface area (Å²) in [6, 6.07) is 4.16. The summed E-state index contributed by atoms with van der Waals surface area (Å²) in [4.78, 5) is 12.2. The van der Waals surface area contributed by atoms with Crippen LogP contribution in [0.4, 0.5) is 16.1 Å². The predicted octanol–water partition coefficient (Wildman–Crippen LogP) is 1.83. The SMILES string of the molecule is Cc1nnc(NC(=O)CSc2cc(N)cc(F)c2)o1. The molecule has 1 aromatic carbocycles. The van der Waals surface area contributed by atoms with Gasteiger partial charge in [-0.15, -0.1) is 16.9 Å². The summed E-state index contributed by atoms with van der Waals surface area (Å²) in [5.74, 6) is -0.308. The quantitative estimate of drug-likeness (QED) is 0.656. The molecule has 8 heteroatoms. The molecular weight excluding hydrogens is 271 g/mol. The second-order valence-corrected chi connectivity index (χ2v) is 4.73. The van der Waals surface area contributed by atoms with Crippen LogP contribution in [0.5, 0.6) is 0 Å². The first-order chi connectivity index (χ1) is 9.02. The lowest BCUT2D eigenvalue weighted by atomic mass is 10.3. The Balaban J connectivity index is 1.89. The number of hydrogen-bond donors (Lipinski definition) is 2. The van der Waals surface area contributed by atoms with E-state index in [9.17, 15) is 9.18 Å². The number of aryl methyl sites for hydroxylation is 1. The third kappa shape index (κ3) is 3.95. The average Bonchev–Trinajstić information content (AvgIpc) is 2.71. The van der Waals surface area contributed by atoms with Crippen molar-refractivity contribution in [2.75, 3.05) is 16.8 Å². The van der Waals surface area contributed by atoms with E-state index in [1.165, 1.54) is 12.1 Å². The highest BCUT2D eigenvalue weighted by Gasteiger charge is 2.09. The second kappa shape index (κ2) is 5.70. The van der Waals surface area contributed by atoms with Crippen LogP contribution in [0.2, 0.25) is 0 Å². The van der Waals surface area contributed by atoms with Crippen LogP contribution < -0.4 is 11.1 Å². The molecule has 19 heavy (non-hydrogen) atoms. The lowest BCUT2D eigenvalue weighted by Gasteiger charge is -2.03. The molecule has 0 aliphatic rings. The largest absolute Gasteiger partial charge is 0.408 e. The molecule has 0 spiro atoms. The van der Waals surface area contributed by atoms with Crippen molar-refractivity contribution in [3.63, 3.8) is 0 Å². The number of halogens is 1. The number of aromatic nitrogens is 2. The summed E-state index contributed by atoms with van der Waals surface area (Å²) in [5.41, 5.74) is 5.82. The minimum atomic E-state index is -0.435. The Morgan fingerprint density at radius 3 is 2.89 bits per heavy atom. The number of amides is 1. The van der Waals surface area contributed by atoms with Gasteiger partial charge in [0.05, 0.1) is 5.75 Å². The number of carbonyl (C=O) groups excluding carboxylic acids is 1. The minimum absolute atomic E-state index is 0.0434. The second-order valence-electron chi connectivity index (χ2n) is 3.68. The van der Waals surface area contributed by atoms with Crippen LogP contribution in [0.1, 0.15) is 5.89 Å². The van der Waals surface area contributed by atoms with Gasteiger partial charge in [0.2, 0.25) is 11.8 Å². The smallest absolute Gasteiger partial charge is 0.322 e. The van der Waals surface area contributed by atoms with Gasteiger partial charge in [0.15, 0.2) is 0 Å². The molecule has 0 atom stereocenters. The highest BCUT2D eigenvalue weighted by molar-refractivity contribution is 8.00. The maximum absolute atomic E-state index is 13.1. The molecule has 1 heterocycles. The number of carbonyl (C=O) groups is 1. The van der Waals surface area contributed by atoms with Crippen molar-refractivity contribution in [3.05, 3.63) is 29.9 Å². The lowest BCUT2D eigenvalue weighted by Crippen LogP contribution is -2.14. The number of nitrogen functional groups attached to an aromatic ring is 1. The minimum Gasteiger partial charge on any atom is -0.408 e. The van der Waals surface area contributed by atoms with Gasteiger partial charge in [0.25, 0.3) is 0 Å². The lowest BCUT2D eigenvalue weighted by molar-refractivity contribution is -0.113. The summed E-state index contributed by atoms with van der Waals surface area (Å²) < 4.78 is 18.1. The highest BCUT2D eigenvalue weighted by atomic mass is 32.2. The summed E-state index contributed by atoms with van der Waals surface area (Å²) in [6.45, 7) is 1.62. The van der Waals surface area contributed by atoms with Crippen molar-refractivity contribution in [2.45, 2.75) is 11.8 Å².